The van der Waals surface area contributed by atoms with Gasteiger partial charge in [-0.25, -0.2) is 8.42 Å². The molecule has 0 radical (unpaired) electrons. The number of sulfone groups is 1. The summed E-state index contributed by atoms with van der Waals surface area (Å²) in [5.74, 6) is -1.60. The van der Waals surface area contributed by atoms with Crippen molar-refractivity contribution in [3.63, 3.8) is 0 Å². The highest BCUT2D eigenvalue weighted by molar-refractivity contribution is 7.92. The number of carbonyl (C=O) groups is 2. The molecule has 1 heterocycles. The summed E-state index contributed by atoms with van der Waals surface area (Å²) in [7, 11) is -3.50. The Labute approximate surface area is 282 Å². The third-order valence-electron chi connectivity index (χ3n) is 10.4. The molecule has 3 fully saturated rings. The van der Waals surface area contributed by atoms with Crippen LogP contribution in [0.15, 0.2) is 30.3 Å². The summed E-state index contributed by atoms with van der Waals surface area (Å²) in [5, 5.41) is 28.1. The molecule has 3 aliphatic rings. The molecule has 5 atom stereocenters. The predicted molar refractivity (Wildman–Crippen MR) is 184 cm³/mol. The molecule has 1 aromatic rings. The predicted octanol–water partition coefficient (Wildman–Crippen LogP) is 3.39. The fraction of sp³-hybridized carbons (Fsp3) is 0.778. The molecule has 4 rings (SSSR count). The van der Waals surface area contributed by atoms with Crippen molar-refractivity contribution >= 4 is 21.7 Å². The molecule has 47 heavy (non-hydrogen) atoms. The normalized spacial score (nSPS) is 21.9. The summed E-state index contributed by atoms with van der Waals surface area (Å²) in [6, 6.07) is 7.86. The highest BCUT2D eigenvalue weighted by Crippen LogP contribution is 2.29. The van der Waals surface area contributed by atoms with Crippen molar-refractivity contribution in [1.29, 1.82) is 0 Å². The minimum absolute atomic E-state index is 0.253. The standard InChI is InChI=1S/C36H59N3O7S/c1-2-3-18-31(37-35(42)29(23-27-12-6-4-7-13-27)26-47(44,45)30-16-10-11-17-30)36(43)38-32(24-28-14-8-5-9-15-28)34(41)33(40)25-39-19-21-46-22-20-39/h4,6-7,12-13,28-34,40-41H,2-3,5,8-11,14-26H2,1H3,(H,37,42)(H,38,43)/t29-,31+,32+,33+,34-/m1/s1. The molecule has 2 amide bonds. The third kappa shape index (κ3) is 12.1. The number of carbonyl (C=O) groups excluding carboxylic acids is 2. The van der Waals surface area contributed by atoms with E-state index in [9.17, 15) is 28.2 Å². The van der Waals surface area contributed by atoms with Crippen LogP contribution in [-0.2, 0) is 30.6 Å². The van der Waals surface area contributed by atoms with Crippen LogP contribution in [0.3, 0.4) is 0 Å². The zero-order valence-electron chi connectivity index (χ0n) is 28.4. The fourth-order valence-corrected chi connectivity index (χ4v) is 9.68. The fourth-order valence-electron chi connectivity index (χ4n) is 7.53. The van der Waals surface area contributed by atoms with E-state index in [4.69, 9.17) is 4.74 Å². The number of unbranched alkanes of at least 4 members (excludes halogenated alkanes) is 1. The number of hydrogen-bond donors (Lipinski definition) is 4. The van der Waals surface area contributed by atoms with Crippen LogP contribution >= 0.6 is 0 Å². The number of hydrogen-bond acceptors (Lipinski definition) is 8. The highest BCUT2D eigenvalue weighted by atomic mass is 32.2. The van der Waals surface area contributed by atoms with Gasteiger partial charge in [0, 0.05) is 19.6 Å². The van der Waals surface area contributed by atoms with Gasteiger partial charge in [0.15, 0.2) is 9.84 Å². The Balaban J connectivity index is 1.49. The van der Waals surface area contributed by atoms with Crippen LogP contribution in [0, 0.1) is 11.8 Å². The van der Waals surface area contributed by atoms with Crippen LogP contribution in [0.2, 0.25) is 0 Å². The van der Waals surface area contributed by atoms with Gasteiger partial charge in [0.1, 0.15) is 12.1 Å². The molecule has 0 aromatic heterocycles. The Morgan fingerprint density at radius 1 is 0.936 bits per heavy atom. The second-order valence-electron chi connectivity index (χ2n) is 14.2. The first kappa shape index (κ1) is 37.8. The number of nitrogens with one attached hydrogen (secondary N) is 2. The van der Waals surface area contributed by atoms with E-state index in [2.05, 4.69) is 15.5 Å². The molecule has 0 unspecified atom stereocenters. The number of rotatable bonds is 18. The number of aliphatic hydroxyl groups excluding tert-OH is 2. The van der Waals surface area contributed by atoms with Crippen molar-refractivity contribution in [1.82, 2.24) is 15.5 Å². The van der Waals surface area contributed by atoms with Crippen LogP contribution in [0.25, 0.3) is 0 Å². The van der Waals surface area contributed by atoms with E-state index in [0.29, 0.717) is 64.3 Å². The van der Waals surface area contributed by atoms with Gasteiger partial charge in [-0.1, -0.05) is 95.0 Å². The van der Waals surface area contributed by atoms with Crippen molar-refractivity contribution in [2.24, 2.45) is 11.8 Å². The summed E-state index contributed by atoms with van der Waals surface area (Å²) in [4.78, 5) is 30.0. The van der Waals surface area contributed by atoms with Gasteiger partial charge in [0.05, 0.1) is 42.3 Å². The molecule has 1 saturated heterocycles. The lowest BCUT2D eigenvalue weighted by Gasteiger charge is -2.35. The van der Waals surface area contributed by atoms with Crippen LogP contribution in [-0.4, -0.2) is 103 Å². The third-order valence-corrected chi connectivity index (χ3v) is 12.8. The van der Waals surface area contributed by atoms with Crippen molar-refractivity contribution in [3.8, 4) is 0 Å². The van der Waals surface area contributed by atoms with Crippen molar-refractivity contribution in [2.75, 3.05) is 38.6 Å². The van der Waals surface area contributed by atoms with E-state index in [0.717, 1.165) is 50.5 Å². The summed E-state index contributed by atoms with van der Waals surface area (Å²) in [6.07, 6.45) is 8.96. The van der Waals surface area contributed by atoms with E-state index in [-0.39, 0.29) is 18.7 Å². The summed E-state index contributed by atoms with van der Waals surface area (Å²) < 4.78 is 32.3. The maximum Gasteiger partial charge on any atom is 0.242 e. The summed E-state index contributed by atoms with van der Waals surface area (Å²) in [5.41, 5.74) is 0.869. The van der Waals surface area contributed by atoms with Crippen molar-refractivity contribution < 1.29 is 33.0 Å². The van der Waals surface area contributed by atoms with Crippen molar-refractivity contribution in [2.45, 2.75) is 126 Å². The van der Waals surface area contributed by atoms with Gasteiger partial charge in [0.25, 0.3) is 0 Å². The number of nitrogens with zero attached hydrogens (tertiary/aromatic N) is 1. The van der Waals surface area contributed by atoms with Gasteiger partial charge in [-0.3, -0.25) is 14.5 Å². The second-order valence-corrected chi connectivity index (χ2v) is 16.5. The first-order valence-corrected chi connectivity index (χ1v) is 19.9. The van der Waals surface area contributed by atoms with Crippen LogP contribution in [0.4, 0.5) is 0 Å². The Morgan fingerprint density at radius 2 is 1.60 bits per heavy atom. The monoisotopic (exact) mass is 677 g/mol. The maximum atomic E-state index is 14.0. The van der Waals surface area contributed by atoms with E-state index < -0.39 is 57.1 Å². The molecule has 10 nitrogen and oxygen atoms in total. The molecule has 11 heteroatoms. The quantitative estimate of drug-likeness (QED) is 0.185. The summed E-state index contributed by atoms with van der Waals surface area (Å²) >= 11 is 0. The lowest BCUT2D eigenvalue weighted by molar-refractivity contribution is -0.132. The minimum atomic E-state index is -3.50. The largest absolute Gasteiger partial charge is 0.389 e. The lowest BCUT2D eigenvalue weighted by atomic mass is 9.83. The number of benzene rings is 1. The first-order valence-electron chi connectivity index (χ1n) is 18.2. The van der Waals surface area contributed by atoms with E-state index in [1.165, 1.54) is 6.42 Å². The number of amides is 2. The Bertz CT molecular complexity index is 1180. The molecule has 0 bridgehead atoms. The summed E-state index contributed by atoms with van der Waals surface area (Å²) in [6.45, 7) is 4.81. The molecule has 1 aromatic carbocycles. The SMILES string of the molecule is CCCC[C@H](NC(=O)[C@H](Cc1ccccc1)CS(=O)(=O)C1CCCC1)C(=O)N[C@@H](CC1CCCCC1)[C@@H](O)[C@@H](O)CN1CCOCC1. The number of aliphatic hydroxyl groups is 2. The zero-order chi connectivity index (χ0) is 33.6. The molecule has 4 N–H and O–H groups in total. The van der Waals surface area contributed by atoms with E-state index >= 15 is 0 Å². The highest BCUT2D eigenvalue weighted by Gasteiger charge is 2.37. The van der Waals surface area contributed by atoms with Crippen molar-refractivity contribution in [3.05, 3.63) is 35.9 Å². The Morgan fingerprint density at radius 3 is 2.26 bits per heavy atom. The number of ether oxygens (including phenoxy) is 1. The topological polar surface area (TPSA) is 145 Å². The van der Waals surface area contributed by atoms with E-state index in [1.807, 2.05) is 37.3 Å². The van der Waals surface area contributed by atoms with Gasteiger partial charge >= 0.3 is 0 Å². The second kappa shape index (κ2) is 19.2. The maximum absolute atomic E-state index is 14.0. The molecule has 2 saturated carbocycles. The Kier molecular flexibility index (Phi) is 15.4. The smallest absolute Gasteiger partial charge is 0.242 e. The van der Waals surface area contributed by atoms with Crippen LogP contribution in [0.1, 0.15) is 96.0 Å². The number of morpholine rings is 1. The minimum Gasteiger partial charge on any atom is -0.389 e. The lowest BCUT2D eigenvalue weighted by Crippen LogP contribution is -2.57. The van der Waals surface area contributed by atoms with Gasteiger partial charge < -0.3 is 25.6 Å². The molecular weight excluding hydrogens is 618 g/mol. The molecule has 2 aliphatic carbocycles. The average molecular weight is 678 g/mol. The van der Waals surface area contributed by atoms with Gasteiger partial charge in [-0.2, -0.15) is 0 Å². The van der Waals surface area contributed by atoms with Crippen LogP contribution in [0.5, 0.6) is 0 Å². The molecular formula is C36H59N3O7S. The molecule has 0 spiro atoms. The number of β-amino-alcohol motifs (C(OH)–C–C–N with tert-alkyl or cyclic N) is 1. The first-order chi connectivity index (χ1) is 22.7. The van der Waals surface area contributed by atoms with Crippen LogP contribution < -0.4 is 10.6 Å². The molecule has 1 aliphatic heterocycles. The van der Waals surface area contributed by atoms with Gasteiger partial charge in [-0.05, 0) is 43.6 Å². The van der Waals surface area contributed by atoms with Gasteiger partial charge in [-0.15, -0.1) is 0 Å². The average Bonchev–Trinajstić information content (AvgIpc) is 3.63. The Hall–Kier alpha value is -2.05. The zero-order valence-corrected chi connectivity index (χ0v) is 29.2. The van der Waals surface area contributed by atoms with Gasteiger partial charge in [0.2, 0.25) is 11.8 Å². The van der Waals surface area contributed by atoms with E-state index in [1.54, 1.807) is 0 Å². The molecule has 266 valence electrons.